The molecule has 3 rings (SSSR count). The lowest BCUT2D eigenvalue weighted by Gasteiger charge is -2.31. The first kappa shape index (κ1) is 16.5. The molecule has 1 N–H and O–H groups in total. The van der Waals surface area contributed by atoms with Crippen LogP contribution in [0.2, 0.25) is 0 Å². The van der Waals surface area contributed by atoms with Gasteiger partial charge in [0, 0.05) is 32.5 Å². The van der Waals surface area contributed by atoms with Crippen molar-refractivity contribution >= 4 is 22.9 Å². The Kier molecular flexibility index (Phi) is 5.13. The highest BCUT2D eigenvalue weighted by Gasteiger charge is 2.29. The molecule has 1 saturated heterocycles. The lowest BCUT2D eigenvalue weighted by atomic mass is 9.96. The summed E-state index contributed by atoms with van der Waals surface area (Å²) in [5, 5.41) is 2.95. The molecule has 2 amide bonds. The largest absolute Gasteiger partial charge is 0.441 e. The molecule has 1 aliphatic rings. The molecule has 0 bridgehead atoms. The molecular weight excluding hydrogens is 306 g/mol. The Bertz CT molecular complexity index is 692. The summed E-state index contributed by atoms with van der Waals surface area (Å²) in [6, 6.07) is 7.61. The minimum Gasteiger partial charge on any atom is -0.441 e. The standard InChI is InChI=1S/C18H23N3O3/c1-2-11-21-12-13(7-8-17(21)22)18(23)19-10-9-16-20-14-5-3-4-6-15(14)24-16/h3-6,13H,2,7-12H2,1H3,(H,19,23)/t13-/m0/s1. The van der Waals surface area contributed by atoms with Gasteiger partial charge in [-0.1, -0.05) is 19.1 Å². The molecule has 1 aromatic carbocycles. The molecule has 1 atom stereocenters. The first-order chi connectivity index (χ1) is 11.7. The fourth-order valence-corrected chi connectivity index (χ4v) is 3.08. The molecule has 0 saturated carbocycles. The summed E-state index contributed by atoms with van der Waals surface area (Å²) in [5.41, 5.74) is 1.60. The minimum absolute atomic E-state index is 0.0136. The van der Waals surface area contributed by atoms with Gasteiger partial charge in [-0.3, -0.25) is 9.59 Å². The van der Waals surface area contributed by atoms with Crippen molar-refractivity contribution in [3.8, 4) is 0 Å². The van der Waals surface area contributed by atoms with Gasteiger partial charge in [-0.2, -0.15) is 0 Å². The molecule has 0 unspecified atom stereocenters. The minimum atomic E-state index is -0.113. The van der Waals surface area contributed by atoms with E-state index < -0.39 is 0 Å². The monoisotopic (exact) mass is 329 g/mol. The molecule has 128 valence electrons. The van der Waals surface area contributed by atoms with Gasteiger partial charge in [0.2, 0.25) is 11.8 Å². The summed E-state index contributed by atoms with van der Waals surface area (Å²) in [6.45, 7) is 3.79. The molecule has 6 heteroatoms. The third-order valence-corrected chi connectivity index (χ3v) is 4.34. The molecule has 2 heterocycles. The van der Waals surface area contributed by atoms with Crippen LogP contribution in [0.1, 0.15) is 32.1 Å². The van der Waals surface area contributed by atoms with Crippen LogP contribution in [0.5, 0.6) is 0 Å². The Morgan fingerprint density at radius 1 is 1.42 bits per heavy atom. The Hall–Kier alpha value is -2.37. The number of likely N-dealkylation sites (tertiary alicyclic amines) is 1. The van der Waals surface area contributed by atoms with Gasteiger partial charge in [-0.05, 0) is 25.0 Å². The van der Waals surface area contributed by atoms with E-state index in [1.54, 1.807) is 4.90 Å². The summed E-state index contributed by atoms with van der Waals surface area (Å²) in [6.07, 6.45) is 2.57. The zero-order valence-electron chi connectivity index (χ0n) is 14.0. The normalized spacial score (nSPS) is 18.1. The number of carbonyl (C=O) groups excluding carboxylic acids is 2. The number of fused-ring (bicyclic) bond motifs is 1. The lowest BCUT2D eigenvalue weighted by molar-refractivity contribution is -0.138. The number of hydrogen-bond acceptors (Lipinski definition) is 4. The van der Waals surface area contributed by atoms with Gasteiger partial charge in [-0.25, -0.2) is 4.98 Å². The molecule has 0 spiro atoms. The van der Waals surface area contributed by atoms with Crippen LogP contribution in [0.3, 0.4) is 0 Å². The lowest BCUT2D eigenvalue weighted by Crippen LogP contribution is -2.46. The third kappa shape index (κ3) is 3.75. The van der Waals surface area contributed by atoms with E-state index in [4.69, 9.17) is 4.42 Å². The molecule has 1 fully saturated rings. The van der Waals surface area contributed by atoms with E-state index in [9.17, 15) is 9.59 Å². The van der Waals surface area contributed by atoms with Gasteiger partial charge in [0.15, 0.2) is 11.5 Å². The Balaban J connectivity index is 1.49. The number of nitrogens with one attached hydrogen (secondary N) is 1. The Morgan fingerprint density at radius 2 is 2.25 bits per heavy atom. The molecule has 1 aromatic heterocycles. The van der Waals surface area contributed by atoms with E-state index in [2.05, 4.69) is 10.3 Å². The average Bonchev–Trinajstić information content (AvgIpc) is 2.99. The number of oxazole rings is 1. The number of piperidine rings is 1. The van der Waals surface area contributed by atoms with Gasteiger partial charge in [0.05, 0.1) is 5.92 Å². The SMILES string of the molecule is CCCN1C[C@@H](C(=O)NCCc2nc3ccccc3o2)CCC1=O. The fourth-order valence-electron chi connectivity index (χ4n) is 3.08. The number of amides is 2. The van der Waals surface area contributed by atoms with Crippen LogP contribution in [-0.4, -0.2) is 41.3 Å². The summed E-state index contributed by atoms with van der Waals surface area (Å²) in [7, 11) is 0. The maximum absolute atomic E-state index is 12.3. The number of para-hydroxylation sites is 2. The predicted molar refractivity (Wildman–Crippen MR) is 90.3 cm³/mol. The molecule has 24 heavy (non-hydrogen) atoms. The van der Waals surface area contributed by atoms with Crippen LogP contribution >= 0.6 is 0 Å². The number of benzene rings is 1. The summed E-state index contributed by atoms with van der Waals surface area (Å²) in [5.74, 6) is 0.688. The number of rotatable bonds is 6. The predicted octanol–water partition coefficient (Wildman–Crippen LogP) is 2.14. The van der Waals surface area contributed by atoms with Crippen LogP contribution in [-0.2, 0) is 16.0 Å². The molecule has 0 radical (unpaired) electrons. The first-order valence-corrected chi connectivity index (χ1v) is 8.57. The third-order valence-electron chi connectivity index (χ3n) is 4.34. The van der Waals surface area contributed by atoms with Crippen molar-refractivity contribution in [2.75, 3.05) is 19.6 Å². The average molecular weight is 329 g/mol. The van der Waals surface area contributed by atoms with Crippen LogP contribution in [0.4, 0.5) is 0 Å². The number of aromatic nitrogens is 1. The highest BCUT2D eigenvalue weighted by molar-refractivity contribution is 5.83. The topological polar surface area (TPSA) is 75.4 Å². The van der Waals surface area contributed by atoms with E-state index in [1.807, 2.05) is 31.2 Å². The molecule has 2 aromatic rings. The van der Waals surface area contributed by atoms with Crippen molar-refractivity contribution in [1.82, 2.24) is 15.2 Å². The van der Waals surface area contributed by atoms with E-state index in [-0.39, 0.29) is 17.7 Å². The zero-order chi connectivity index (χ0) is 16.9. The number of hydrogen-bond donors (Lipinski definition) is 1. The van der Waals surface area contributed by atoms with E-state index in [0.29, 0.717) is 38.2 Å². The summed E-state index contributed by atoms with van der Waals surface area (Å²) >= 11 is 0. The first-order valence-electron chi connectivity index (χ1n) is 8.57. The molecular formula is C18H23N3O3. The van der Waals surface area contributed by atoms with Crippen LogP contribution < -0.4 is 5.32 Å². The van der Waals surface area contributed by atoms with Crippen molar-refractivity contribution in [1.29, 1.82) is 0 Å². The molecule has 6 nitrogen and oxygen atoms in total. The molecule has 0 aliphatic carbocycles. The molecule has 1 aliphatic heterocycles. The smallest absolute Gasteiger partial charge is 0.224 e. The maximum atomic E-state index is 12.3. The van der Waals surface area contributed by atoms with Gasteiger partial charge in [0.25, 0.3) is 0 Å². The van der Waals surface area contributed by atoms with Crippen molar-refractivity contribution in [2.24, 2.45) is 5.92 Å². The van der Waals surface area contributed by atoms with Crippen molar-refractivity contribution in [3.05, 3.63) is 30.2 Å². The van der Waals surface area contributed by atoms with Crippen LogP contribution in [0.25, 0.3) is 11.1 Å². The van der Waals surface area contributed by atoms with E-state index in [0.717, 1.165) is 24.1 Å². The van der Waals surface area contributed by atoms with Crippen LogP contribution in [0.15, 0.2) is 28.7 Å². The maximum Gasteiger partial charge on any atom is 0.224 e. The number of carbonyl (C=O) groups is 2. The van der Waals surface area contributed by atoms with Crippen molar-refractivity contribution < 1.29 is 14.0 Å². The highest BCUT2D eigenvalue weighted by Crippen LogP contribution is 2.18. The van der Waals surface area contributed by atoms with Crippen molar-refractivity contribution in [2.45, 2.75) is 32.6 Å². The Morgan fingerprint density at radius 3 is 3.04 bits per heavy atom. The zero-order valence-corrected chi connectivity index (χ0v) is 14.0. The highest BCUT2D eigenvalue weighted by atomic mass is 16.3. The number of nitrogens with zero attached hydrogens (tertiary/aromatic N) is 2. The Labute approximate surface area is 141 Å². The van der Waals surface area contributed by atoms with Gasteiger partial charge < -0.3 is 14.6 Å². The summed E-state index contributed by atoms with van der Waals surface area (Å²) in [4.78, 5) is 30.3. The van der Waals surface area contributed by atoms with Crippen molar-refractivity contribution in [3.63, 3.8) is 0 Å². The quantitative estimate of drug-likeness (QED) is 0.881. The second-order valence-corrected chi connectivity index (χ2v) is 6.19. The van der Waals surface area contributed by atoms with E-state index >= 15 is 0 Å². The summed E-state index contributed by atoms with van der Waals surface area (Å²) < 4.78 is 5.64. The van der Waals surface area contributed by atoms with Crippen LogP contribution in [0, 0.1) is 5.92 Å². The van der Waals surface area contributed by atoms with Gasteiger partial charge >= 0.3 is 0 Å². The second kappa shape index (κ2) is 7.47. The van der Waals surface area contributed by atoms with Gasteiger partial charge in [-0.15, -0.1) is 0 Å². The second-order valence-electron chi connectivity index (χ2n) is 6.19. The van der Waals surface area contributed by atoms with Gasteiger partial charge in [0.1, 0.15) is 5.52 Å². The van der Waals surface area contributed by atoms with E-state index in [1.165, 1.54) is 0 Å². The fraction of sp³-hybridized carbons (Fsp3) is 0.500.